The first-order valence-electron chi connectivity index (χ1n) is 12.0. The first kappa shape index (κ1) is 25.7. The smallest absolute Gasteiger partial charge is 0.313 e. The van der Waals surface area contributed by atoms with E-state index in [9.17, 15) is 19.2 Å². The topological polar surface area (TPSA) is 123 Å². The van der Waals surface area contributed by atoms with Crippen LogP contribution in [-0.4, -0.2) is 57.4 Å². The van der Waals surface area contributed by atoms with Crippen LogP contribution in [-0.2, 0) is 14.4 Å². The van der Waals surface area contributed by atoms with Crippen molar-refractivity contribution in [1.82, 2.24) is 14.7 Å². The van der Waals surface area contributed by atoms with Crippen LogP contribution >= 0.6 is 23.2 Å². The molecule has 3 aromatic rings. The molecule has 0 aliphatic carbocycles. The van der Waals surface area contributed by atoms with Gasteiger partial charge in [-0.1, -0.05) is 23.2 Å². The Morgan fingerprint density at radius 1 is 1.11 bits per heavy atom. The van der Waals surface area contributed by atoms with Crippen LogP contribution in [0.2, 0.25) is 10.0 Å². The highest BCUT2D eigenvalue weighted by Crippen LogP contribution is 2.32. The molecule has 0 spiro atoms. The number of amides is 3. The number of ketones is 1. The number of benzene rings is 2. The third kappa shape index (κ3) is 5.23. The Labute approximate surface area is 227 Å². The van der Waals surface area contributed by atoms with E-state index in [1.807, 2.05) is 0 Å². The zero-order chi connectivity index (χ0) is 27.0. The SMILES string of the molecule is CC1Oc2ccc(C(=O)C3CCN(C(=O)C(=O)Nc4ccc(-n5cc(Cl)cn5)c(Cl)c4)CC3)cc2NC1=O. The summed E-state index contributed by atoms with van der Waals surface area (Å²) in [7, 11) is 0. The molecule has 0 bridgehead atoms. The zero-order valence-corrected chi connectivity index (χ0v) is 21.8. The number of halogens is 2. The molecule has 38 heavy (non-hydrogen) atoms. The van der Waals surface area contributed by atoms with Crippen molar-refractivity contribution in [2.45, 2.75) is 25.9 Å². The summed E-state index contributed by atoms with van der Waals surface area (Å²) in [6.07, 6.45) is 3.31. The molecule has 2 aliphatic heterocycles. The lowest BCUT2D eigenvalue weighted by Gasteiger charge is -2.31. The number of Topliss-reactive ketones (excluding diaryl/α,β-unsaturated/α-hetero) is 1. The molecule has 1 unspecified atom stereocenters. The van der Waals surface area contributed by atoms with Crippen LogP contribution in [0.5, 0.6) is 5.75 Å². The third-order valence-corrected chi connectivity index (χ3v) is 7.04. The van der Waals surface area contributed by atoms with Gasteiger partial charge in [-0.2, -0.15) is 5.10 Å². The predicted molar refractivity (Wildman–Crippen MR) is 141 cm³/mol. The number of carbonyl (C=O) groups excluding carboxylic acids is 4. The van der Waals surface area contributed by atoms with Gasteiger partial charge >= 0.3 is 11.8 Å². The molecule has 2 aliphatic rings. The lowest BCUT2D eigenvalue weighted by Crippen LogP contribution is -2.45. The minimum Gasteiger partial charge on any atom is -0.479 e. The predicted octanol–water partition coefficient (Wildman–Crippen LogP) is 3.96. The molecule has 0 saturated carbocycles. The average molecular weight is 556 g/mol. The summed E-state index contributed by atoms with van der Waals surface area (Å²) in [6.45, 7) is 2.19. The van der Waals surface area contributed by atoms with Gasteiger partial charge in [0.2, 0.25) is 0 Å². The molecule has 1 saturated heterocycles. The first-order chi connectivity index (χ1) is 18.2. The lowest BCUT2D eigenvalue weighted by molar-refractivity contribution is -0.144. The highest BCUT2D eigenvalue weighted by Gasteiger charge is 2.32. The van der Waals surface area contributed by atoms with E-state index in [0.717, 1.165) is 0 Å². The molecule has 2 aromatic carbocycles. The van der Waals surface area contributed by atoms with Gasteiger partial charge in [0, 0.05) is 36.5 Å². The Morgan fingerprint density at radius 2 is 1.87 bits per heavy atom. The highest BCUT2D eigenvalue weighted by molar-refractivity contribution is 6.40. The third-order valence-electron chi connectivity index (χ3n) is 6.55. The Kier molecular flexibility index (Phi) is 7.09. The van der Waals surface area contributed by atoms with Crippen molar-refractivity contribution in [1.29, 1.82) is 0 Å². The van der Waals surface area contributed by atoms with Crippen molar-refractivity contribution in [2.75, 3.05) is 23.7 Å². The van der Waals surface area contributed by atoms with Crippen LogP contribution in [0.25, 0.3) is 5.69 Å². The summed E-state index contributed by atoms with van der Waals surface area (Å²) < 4.78 is 7.04. The molecule has 1 aromatic heterocycles. The van der Waals surface area contributed by atoms with Crippen molar-refractivity contribution in [3.05, 3.63) is 64.4 Å². The van der Waals surface area contributed by atoms with Crippen LogP contribution in [0.3, 0.4) is 0 Å². The number of ether oxygens (including phenoxy) is 1. The summed E-state index contributed by atoms with van der Waals surface area (Å²) in [5, 5.41) is 10.2. The average Bonchev–Trinajstić information content (AvgIpc) is 3.34. The molecular weight excluding hydrogens is 533 g/mol. The maximum Gasteiger partial charge on any atom is 0.313 e. The van der Waals surface area contributed by atoms with Gasteiger partial charge in [0.05, 0.1) is 27.6 Å². The summed E-state index contributed by atoms with van der Waals surface area (Å²) in [4.78, 5) is 51.8. The van der Waals surface area contributed by atoms with Gasteiger partial charge < -0.3 is 20.3 Å². The number of anilines is 2. The van der Waals surface area contributed by atoms with E-state index in [0.29, 0.717) is 51.3 Å². The molecule has 1 fully saturated rings. The van der Waals surface area contributed by atoms with Crippen molar-refractivity contribution < 1.29 is 23.9 Å². The van der Waals surface area contributed by atoms with Crippen LogP contribution in [0.4, 0.5) is 11.4 Å². The molecule has 3 amide bonds. The van der Waals surface area contributed by atoms with E-state index < -0.39 is 17.9 Å². The largest absolute Gasteiger partial charge is 0.479 e. The van der Waals surface area contributed by atoms with E-state index in [1.54, 1.807) is 43.5 Å². The number of hydrogen-bond acceptors (Lipinski definition) is 6. The van der Waals surface area contributed by atoms with Crippen molar-refractivity contribution in [3.8, 4) is 11.4 Å². The molecule has 2 N–H and O–H groups in total. The Balaban J connectivity index is 1.17. The quantitative estimate of drug-likeness (QED) is 0.371. The Morgan fingerprint density at radius 3 is 2.55 bits per heavy atom. The van der Waals surface area contributed by atoms with E-state index in [2.05, 4.69) is 15.7 Å². The summed E-state index contributed by atoms with van der Waals surface area (Å²) >= 11 is 12.2. The monoisotopic (exact) mass is 555 g/mol. The molecular formula is C26H23Cl2N5O5. The molecule has 0 radical (unpaired) electrons. The fourth-order valence-electron chi connectivity index (χ4n) is 4.47. The minimum atomic E-state index is -0.791. The number of hydrogen-bond donors (Lipinski definition) is 2. The summed E-state index contributed by atoms with van der Waals surface area (Å²) in [6, 6.07) is 9.75. The number of carbonyl (C=O) groups is 4. The van der Waals surface area contributed by atoms with Gasteiger partial charge in [0.15, 0.2) is 11.9 Å². The first-order valence-corrected chi connectivity index (χ1v) is 12.7. The van der Waals surface area contributed by atoms with Crippen molar-refractivity contribution >= 4 is 58.1 Å². The molecule has 12 heteroatoms. The van der Waals surface area contributed by atoms with Gasteiger partial charge in [-0.05, 0) is 56.2 Å². The van der Waals surface area contributed by atoms with E-state index in [4.69, 9.17) is 27.9 Å². The normalized spacial score (nSPS) is 17.3. The second-order valence-corrected chi connectivity index (χ2v) is 9.96. The number of rotatable bonds is 4. The molecule has 10 nitrogen and oxygen atoms in total. The van der Waals surface area contributed by atoms with Crippen LogP contribution in [0, 0.1) is 5.92 Å². The number of fused-ring (bicyclic) bond motifs is 1. The number of piperidine rings is 1. The fourth-order valence-corrected chi connectivity index (χ4v) is 4.88. The second-order valence-electron chi connectivity index (χ2n) is 9.11. The number of nitrogens with one attached hydrogen (secondary N) is 2. The molecule has 196 valence electrons. The van der Waals surface area contributed by atoms with E-state index in [1.165, 1.54) is 21.8 Å². The molecule has 5 rings (SSSR count). The zero-order valence-electron chi connectivity index (χ0n) is 20.2. The maximum atomic E-state index is 13.1. The highest BCUT2D eigenvalue weighted by atomic mass is 35.5. The van der Waals surface area contributed by atoms with Gasteiger partial charge in [0.25, 0.3) is 5.91 Å². The second kappa shape index (κ2) is 10.5. The molecule has 3 heterocycles. The summed E-state index contributed by atoms with van der Waals surface area (Å²) in [5.74, 6) is -1.61. The van der Waals surface area contributed by atoms with Gasteiger partial charge in [-0.15, -0.1) is 0 Å². The maximum absolute atomic E-state index is 13.1. The Hall–Kier alpha value is -3.89. The van der Waals surface area contributed by atoms with Crippen molar-refractivity contribution in [2.24, 2.45) is 5.92 Å². The van der Waals surface area contributed by atoms with Crippen LogP contribution < -0.4 is 15.4 Å². The molecule has 1 atom stereocenters. The number of likely N-dealkylation sites (tertiary alicyclic amines) is 1. The lowest BCUT2D eigenvalue weighted by atomic mass is 9.88. The van der Waals surface area contributed by atoms with Crippen LogP contribution in [0.1, 0.15) is 30.1 Å². The fraction of sp³-hybridized carbons (Fsp3) is 0.269. The Bertz CT molecular complexity index is 1450. The van der Waals surface area contributed by atoms with Crippen LogP contribution in [0.15, 0.2) is 48.8 Å². The van der Waals surface area contributed by atoms with E-state index in [-0.39, 0.29) is 30.7 Å². The summed E-state index contributed by atoms with van der Waals surface area (Å²) in [5.41, 5.74) is 1.85. The minimum absolute atomic E-state index is 0.0783. The van der Waals surface area contributed by atoms with Gasteiger partial charge in [-0.3, -0.25) is 19.2 Å². The standard InChI is InChI=1S/C26H23Cl2N5O5/c1-14-24(35)31-20-10-16(2-5-22(20)38-14)23(34)15-6-8-32(9-7-15)26(37)25(36)30-18-3-4-21(19(28)11-18)33-13-17(27)12-29-33/h2-5,10-15H,6-9H2,1H3,(H,30,36)(H,31,35). The van der Waals surface area contributed by atoms with Gasteiger partial charge in [0.1, 0.15) is 5.75 Å². The van der Waals surface area contributed by atoms with Gasteiger partial charge in [-0.25, -0.2) is 4.68 Å². The van der Waals surface area contributed by atoms with E-state index >= 15 is 0 Å². The van der Waals surface area contributed by atoms with Crippen molar-refractivity contribution in [3.63, 3.8) is 0 Å². The number of aromatic nitrogens is 2. The number of nitrogens with zero attached hydrogens (tertiary/aromatic N) is 3.